The first-order valence-corrected chi connectivity index (χ1v) is 5.27. The van der Waals surface area contributed by atoms with Crippen LogP contribution in [0.25, 0.3) is 0 Å². The maximum absolute atomic E-state index is 9.12. The molecule has 0 aromatic heterocycles. The van der Waals surface area contributed by atoms with Gasteiger partial charge in [0, 0.05) is 12.6 Å². The van der Waals surface area contributed by atoms with Crippen molar-refractivity contribution in [3.63, 3.8) is 0 Å². The Labute approximate surface area is 81.1 Å². The molecule has 0 aromatic rings. The third kappa shape index (κ3) is 3.25. The summed E-state index contributed by atoms with van der Waals surface area (Å²) in [7, 11) is 1.99. The number of aliphatic hydroxyl groups excluding tert-OH is 1. The summed E-state index contributed by atoms with van der Waals surface area (Å²) in [5, 5.41) is 12.3. The van der Waals surface area contributed by atoms with E-state index in [0.29, 0.717) is 18.6 Å². The molecule has 1 saturated heterocycles. The molecule has 1 fully saturated rings. The van der Waals surface area contributed by atoms with Crippen LogP contribution in [0, 0.1) is 5.92 Å². The van der Waals surface area contributed by atoms with Gasteiger partial charge in [-0.15, -0.1) is 0 Å². The summed E-state index contributed by atoms with van der Waals surface area (Å²) in [6.07, 6.45) is 2.42. The van der Waals surface area contributed by atoms with E-state index in [-0.39, 0.29) is 0 Å². The van der Waals surface area contributed by atoms with Crippen molar-refractivity contribution in [3.05, 3.63) is 0 Å². The highest BCUT2D eigenvalue weighted by molar-refractivity contribution is 4.79. The fraction of sp³-hybridized carbons (Fsp3) is 1.00. The molecule has 13 heavy (non-hydrogen) atoms. The van der Waals surface area contributed by atoms with Gasteiger partial charge in [0.05, 0.1) is 6.61 Å². The first-order chi connectivity index (χ1) is 6.27. The van der Waals surface area contributed by atoms with Gasteiger partial charge in [-0.2, -0.15) is 0 Å². The predicted octanol–water partition coefficient (Wildman–Crippen LogP) is 0.299. The van der Waals surface area contributed by atoms with Crippen molar-refractivity contribution in [2.45, 2.75) is 25.8 Å². The number of likely N-dealkylation sites (tertiary alicyclic amines) is 1. The van der Waals surface area contributed by atoms with Gasteiger partial charge in [0.15, 0.2) is 0 Å². The topological polar surface area (TPSA) is 35.5 Å². The molecule has 1 aliphatic heterocycles. The van der Waals surface area contributed by atoms with Crippen molar-refractivity contribution in [1.29, 1.82) is 0 Å². The number of aliphatic hydroxyl groups is 1. The van der Waals surface area contributed by atoms with Gasteiger partial charge in [-0.25, -0.2) is 0 Å². The Morgan fingerprint density at radius 2 is 2.38 bits per heavy atom. The van der Waals surface area contributed by atoms with E-state index in [9.17, 15) is 0 Å². The average molecular weight is 186 g/mol. The van der Waals surface area contributed by atoms with Crippen molar-refractivity contribution in [3.8, 4) is 0 Å². The van der Waals surface area contributed by atoms with E-state index in [4.69, 9.17) is 5.11 Å². The normalized spacial score (nSPS) is 26.5. The van der Waals surface area contributed by atoms with Crippen LogP contribution in [0.15, 0.2) is 0 Å². The van der Waals surface area contributed by atoms with E-state index in [1.165, 1.54) is 19.4 Å². The van der Waals surface area contributed by atoms with E-state index in [1.807, 2.05) is 7.05 Å². The molecule has 0 aliphatic carbocycles. The minimum absolute atomic E-state index is 0.326. The summed E-state index contributed by atoms with van der Waals surface area (Å²) in [4.78, 5) is 2.42. The van der Waals surface area contributed by atoms with Crippen LogP contribution in [0.4, 0.5) is 0 Å². The number of hydrogen-bond donors (Lipinski definition) is 2. The zero-order valence-corrected chi connectivity index (χ0v) is 8.79. The standard InChI is InChI=1S/C10H22N2O/c1-9(6-11-2)7-12-5-3-4-10(12)8-13/h9-11,13H,3-8H2,1-2H3. The van der Waals surface area contributed by atoms with Crippen LogP contribution < -0.4 is 5.32 Å². The van der Waals surface area contributed by atoms with Gasteiger partial charge in [-0.1, -0.05) is 6.92 Å². The largest absolute Gasteiger partial charge is 0.395 e. The van der Waals surface area contributed by atoms with Gasteiger partial charge in [0.1, 0.15) is 0 Å². The van der Waals surface area contributed by atoms with Crippen molar-refractivity contribution >= 4 is 0 Å². The molecule has 1 heterocycles. The summed E-state index contributed by atoms with van der Waals surface area (Å²) in [5.74, 6) is 0.678. The summed E-state index contributed by atoms with van der Waals surface area (Å²) in [6.45, 7) is 5.93. The molecule has 0 aromatic carbocycles. The van der Waals surface area contributed by atoms with E-state index in [0.717, 1.165) is 13.1 Å². The Morgan fingerprint density at radius 3 is 3.00 bits per heavy atom. The second-order valence-corrected chi connectivity index (χ2v) is 4.14. The zero-order valence-electron chi connectivity index (χ0n) is 8.79. The Kier molecular flexibility index (Phi) is 4.70. The second kappa shape index (κ2) is 5.58. The molecule has 0 bridgehead atoms. The van der Waals surface area contributed by atoms with Crippen LogP contribution in [-0.4, -0.2) is 49.3 Å². The molecule has 2 atom stereocenters. The number of nitrogens with one attached hydrogen (secondary N) is 1. The minimum Gasteiger partial charge on any atom is -0.395 e. The highest BCUT2D eigenvalue weighted by Gasteiger charge is 2.24. The van der Waals surface area contributed by atoms with Crippen LogP contribution in [-0.2, 0) is 0 Å². The van der Waals surface area contributed by atoms with Crippen molar-refractivity contribution in [2.24, 2.45) is 5.92 Å². The average Bonchev–Trinajstić information content (AvgIpc) is 2.52. The Bertz CT molecular complexity index is 141. The molecule has 2 unspecified atom stereocenters. The summed E-state index contributed by atoms with van der Waals surface area (Å²) in [6, 6.07) is 0.430. The van der Waals surface area contributed by atoms with Crippen molar-refractivity contribution < 1.29 is 5.11 Å². The molecule has 0 spiro atoms. The van der Waals surface area contributed by atoms with Crippen LogP contribution >= 0.6 is 0 Å². The predicted molar refractivity (Wildman–Crippen MR) is 54.8 cm³/mol. The molecular weight excluding hydrogens is 164 g/mol. The lowest BCUT2D eigenvalue weighted by Crippen LogP contribution is -2.37. The molecule has 3 heteroatoms. The zero-order chi connectivity index (χ0) is 9.68. The molecule has 0 amide bonds. The maximum atomic E-state index is 9.12. The summed E-state index contributed by atoms with van der Waals surface area (Å²) >= 11 is 0. The SMILES string of the molecule is CNCC(C)CN1CCCC1CO. The molecule has 1 rings (SSSR count). The lowest BCUT2D eigenvalue weighted by molar-refractivity contribution is 0.144. The first kappa shape index (κ1) is 11.0. The van der Waals surface area contributed by atoms with Crippen LogP contribution in [0.3, 0.4) is 0 Å². The van der Waals surface area contributed by atoms with Crippen LogP contribution in [0.2, 0.25) is 0 Å². The highest BCUT2D eigenvalue weighted by Crippen LogP contribution is 2.17. The number of rotatable bonds is 5. The smallest absolute Gasteiger partial charge is 0.0586 e. The Hall–Kier alpha value is -0.120. The summed E-state index contributed by atoms with van der Waals surface area (Å²) < 4.78 is 0. The van der Waals surface area contributed by atoms with Gasteiger partial charge < -0.3 is 10.4 Å². The molecule has 3 nitrogen and oxygen atoms in total. The fourth-order valence-electron chi connectivity index (χ4n) is 2.16. The summed E-state index contributed by atoms with van der Waals surface area (Å²) in [5.41, 5.74) is 0. The van der Waals surface area contributed by atoms with Crippen molar-refractivity contribution in [1.82, 2.24) is 10.2 Å². The van der Waals surface area contributed by atoms with E-state index < -0.39 is 0 Å². The Morgan fingerprint density at radius 1 is 1.62 bits per heavy atom. The third-order valence-electron chi connectivity index (χ3n) is 2.81. The van der Waals surface area contributed by atoms with E-state index >= 15 is 0 Å². The van der Waals surface area contributed by atoms with Gasteiger partial charge >= 0.3 is 0 Å². The van der Waals surface area contributed by atoms with Gasteiger partial charge in [0.2, 0.25) is 0 Å². The van der Waals surface area contributed by atoms with Crippen molar-refractivity contribution in [2.75, 3.05) is 33.3 Å². The Balaban J connectivity index is 2.26. The van der Waals surface area contributed by atoms with Gasteiger partial charge in [0.25, 0.3) is 0 Å². The van der Waals surface area contributed by atoms with Crippen LogP contribution in [0.1, 0.15) is 19.8 Å². The number of hydrogen-bond acceptors (Lipinski definition) is 3. The maximum Gasteiger partial charge on any atom is 0.0586 e. The minimum atomic E-state index is 0.326. The quantitative estimate of drug-likeness (QED) is 0.648. The van der Waals surface area contributed by atoms with E-state index in [2.05, 4.69) is 17.1 Å². The molecule has 0 radical (unpaired) electrons. The number of nitrogens with zero attached hydrogens (tertiary/aromatic N) is 1. The van der Waals surface area contributed by atoms with Gasteiger partial charge in [-0.3, -0.25) is 4.90 Å². The molecule has 78 valence electrons. The second-order valence-electron chi connectivity index (χ2n) is 4.14. The molecule has 2 N–H and O–H groups in total. The highest BCUT2D eigenvalue weighted by atomic mass is 16.3. The van der Waals surface area contributed by atoms with Gasteiger partial charge in [-0.05, 0) is 38.9 Å². The molecule has 0 saturated carbocycles. The fourth-order valence-corrected chi connectivity index (χ4v) is 2.16. The first-order valence-electron chi connectivity index (χ1n) is 5.27. The van der Waals surface area contributed by atoms with Crippen LogP contribution in [0.5, 0.6) is 0 Å². The molecule has 1 aliphatic rings. The lowest BCUT2D eigenvalue weighted by atomic mass is 10.1. The lowest BCUT2D eigenvalue weighted by Gasteiger charge is -2.25. The monoisotopic (exact) mass is 186 g/mol. The van der Waals surface area contributed by atoms with E-state index in [1.54, 1.807) is 0 Å². The third-order valence-corrected chi connectivity index (χ3v) is 2.81. The molecular formula is C10H22N2O.